The van der Waals surface area contributed by atoms with Crippen molar-refractivity contribution in [3.05, 3.63) is 85.9 Å². The van der Waals surface area contributed by atoms with Gasteiger partial charge >= 0.3 is 0 Å². The second-order valence-electron chi connectivity index (χ2n) is 6.58. The zero-order valence-corrected chi connectivity index (χ0v) is 18.5. The Kier molecular flexibility index (Phi) is 5.67. The molecule has 2 amide bonds. The minimum Gasteiger partial charge on any atom is -0.457 e. The van der Waals surface area contributed by atoms with Crippen LogP contribution in [-0.4, -0.2) is 16.0 Å². The highest BCUT2D eigenvalue weighted by Gasteiger charge is 2.35. The van der Waals surface area contributed by atoms with E-state index in [1.165, 1.54) is 4.90 Å². The first-order valence-corrected chi connectivity index (χ1v) is 10.8. The van der Waals surface area contributed by atoms with E-state index in [-0.39, 0.29) is 17.7 Å². The molecule has 0 aliphatic carbocycles. The van der Waals surface area contributed by atoms with Gasteiger partial charge in [-0.15, -0.1) is 0 Å². The highest BCUT2D eigenvalue weighted by molar-refractivity contribution is 9.10. The minimum atomic E-state index is -0.329. The number of halogens is 2. The van der Waals surface area contributed by atoms with Crippen molar-refractivity contribution in [1.29, 1.82) is 0 Å². The summed E-state index contributed by atoms with van der Waals surface area (Å²) in [5, 5.41) is 0.306. The van der Waals surface area contributed by atoms with Crippen LogP contribution in [0.5, 0.6) is 0 Å². The fraction of sp³-hybridized carbons (Fsp3) is 0.0909. The fourth-order valence-electron chi connectivity index (χ4n) is 2.93. The van der Waals surface area contributed by atoms with Crippen molar-refractivity contribution in [2.45, 2.75) is 13.5 Å². The number of hydrogen-bond donors (Lipinski definition) is 0. The minimum absolute atomic E-state index is 0.207. The molecule has 4 nitrogen and oxygen atoms in total. The molecule has 146 valence electrons. The van der Waals surface area contributed by atoms with Gasteiger partial charge in [-0.05, 0) is 66.2 Å². The summed E-state index contributed by atoms with van der Waals surface area (Å²) in [6, 6.07) is 16.7. The molecule has 2 heterocycles. The summed E-state index contributed by atoms with van der Waals surface area (Å²) < 4.78 is 6.82. The average Bonchev–Trinajstić information content (AvgIpc) is 3.24. The monoisotopic (exact) mass is 487 g/mol. The molecule has 0 atom stereocenters. The average molecular weight is 489 g/mol. The lowest BCUT2D eigenvalue weighted by Crippen LogP contribution is -2.27. The van der Waals surface area contributed by atoms with Gasteiger partial charge in [0.05, 0.1) is 11.4 Å². The smallest absolute Gasteiger partial charge is 0.293 e. The number of carbonyl (C=O) groups excluding carboxylic acids is 2. The van der Waals surface area contributed by atoms with E-state index in [0.717, 1.165) is 32.9 Å². The van der Waals surface area contributed by atoms with Gasteiger partial charge in [0.1, 0.15) is 11.5 Å². The van der Waals surface area contributed by atoms with Gasteiger partial charge in [0.25, 0.3) is 11.1 Å². The largest absolute Gasteiger partial charge is 0.457 e. The Labute approximate surface area is 185 Å². The number of aryl methyl sites for hydroxylation is 1. The number of amides is 2. The highest BCUT2D eigenvalue weighted by atomic mass is 79.9. The van der Waals surface area contributed by atoms with E-state index in [4.69, 9.17) is 16.0 Å². The van der Waals surface area contributed by atoms with Crippen LogP contribution in [0.4, 0.5) is 4.79 Å². The second kappa shape index (κ2) is 8.22. The predicted molar refractivity (Wildman–Crippen MR) is 120 cm³/mol. The molecule has 3 aromatic rings. The number of rotatable bonds is 4. The Hall–Kier alpha value is -2.28. The third-order valence-corrected chi connectivity index (χ3v) is 6.23. The van der Waals surface area contributed by atoms with Gasteiger partial charge in [0.15, 0.2) is 0 Å². The second-order valence-corrected chi connectivity index (χ2v) is 8.86. The van der Waals surface area contributed by atoms with Crippen molar-refractivity contribution >= 4 is 56.5 Å². The molecule has 29 heavy (non-hydrogen) atoms. The summed E-state index contributed by atoms with van der Waals surface area (Å²) in [4.78, 5) is 26.6. The fourth-order valence-corrected chi connectivity index (χ4v) is 4.57. The van der Waals surface area contributed by atoms with Gasteiger partial charge in [0, 0.05) is 21.1 Å². The first-order valence-electron chi connectivity index (χ1n) is 8.77. The molecule has 0 bridgehead atoms. The third-order valence-electron chi connectivity index (χ3n) is 4.42. The normalized spacial score (nSPS) is 15.6. The van der Waals surface area contributed by atoms with E-state index in [1.54, 1.807) is 36.4 Å². The molecule has 1 fully saturated rings. The molecule has 7 heteroatoms. The van der Waals surface area contributed by atoms with E-state index in [9.17, 15) is 9.59 Å². The van der Waals surface area contributed by atoms with Gasteiger partial charge < -0.3 is 4.42 Å². The van der Waals surface area contributed by atoms with Crippen LogP contribution in [-0.2, 0) is 11.3 Å². The first-order chi connectivity index (χ1) is 13.9. The number of nitrogens with zero attached hydrogens (tertiary/aromatic N) is 1. The molecule has 0 radical (unpaired) electrons. The van der Waals surface area contributed by atoms with Crippen molar-refractivity contribution in [2.75, 3.05) is 0 Å². The van der Waals surface area contributed by atoms with Crippen molar-refractivity contribution in [3.8, 4) is 11.3 Å². The van der Waals surface area contributed by atoms with Crippen molar-refractivity contribution in [3.63, 3.8) is 0 Å². The molecule has 2 aromatic carbocycles. The van der Waals surface area contributed by atoms with Gasteiger partial charge in [-0.3, -0.25) is 14.5 Å². The predicted octanol–water partition coefficient (Wildman–Crippen LogP) is 6.91. The zero-order valence-electron chi connectivity index (χ0n) is 15.3. The van der Waals surface area contributed by atoms with E-state index in [0.29, 0.717) is 21.4 Å². The maximum Gasteiger partial charge on any atom is 0.293 e. The topological polar surface area (TPSA) is 50.5 Å². The maximum absolute atomic E-state index is 12.7. The van der Waals surface area contributed by atoms with E-state index in [1.807, 2.05) is 31.2 Å². The Morgan fingerprint density at radius 1 is 1.10 bits per heavy atom. The van der Waals surface area contributed by atoms with Crippen molar-refractivity contribution < 1.29 is 14.0 Å². The van der Waals surface area contributed by atoms with Crippen LogP contribution in [0.1, 0.15) is 16.9 Å². The van der Waals surface area contributed by atoms with Gasteiger partial charge in [0.2, 0.25) is 0 Å². The SMILES string of the molecule is Cc1ccc(-c2ccc(/C=C3\SC(=O)N(Cc4ccc(Cl)cc4)C3=O)o2)c(Br)c1. The standard InChI is InChI=1S/C22H15BrClNO3S/c1-13-2-8-17(18(23)10-13)19-9-7-16(28-19)11-20-21(26)25(22(27)29-20)12-14-3-5-15(24)6-4-14/h2-11H,12H2,1H3/b20-11-. The summed E-state index contributed by atoms with van der Waals surface area (Å²) in [6.07, 6.45) is 1.61. The summed E-state index contributed by atoms with van der Waals surface area (Å²) in [6.45, 7) is 2.22. The molecular weight excluding hydrogens is 474 g/mol. The van der Waals surface area contributed by atoms with Gasteiger partial charge in [-0.2, -0.15) is 0 Å². The number of imide groups is 1. The molecule has 1 aromatic heterocycles. The zero-order chi connectivity index (χ0) is 20.5. The van der Waals surface area contributed by atoms with Crippen molar-refractivity contribution in [1.82, 2.24) is 4.90 Å². The Bertz CT molecular complexity index is 1140. The van der Waals surface area contributed by atoms with Crippen LogP contribution in [0, 0.1) is 6.92 Å². The van der Waals surface area contributed by atoms with Gasteiger partial charge in [-0.1, -0.05) is 45.7 Å². The quantitative estimate of drug-likeness (QED) is 0.375. The van der Waals surface area contributed by atoms with Gasteiger partial charge in [-0.25, -0.2) is 0 Å². The van der Waals surface area contributed by atoms with E-state index >= 15 is 0 Å². The Morgan fingerprint density at radius 3 is 2.59 bits per heavy atom. The van der Waals surface area contributed by atoms with Crippen LogP contribution in [0.2, 0.25) is 5.02 Å². The van der Waals surface area contributed by atoms with Crippen LogP contribution in [0.15, 0.2) is 68.4 Å². The summed E-state index contributed by atoms with van der Waals surface area (Å²) in [7, 11) is 0. The highest BCUT2D eigenvalue weighted by Crippen LogP contribution is 2.35. The lowest BCUT2D eigenvalue weighted by Gasteiger charge is -2.12. The van der Waals surface area contributed by atoms with Crippen LogP contribution in [0.25, 0.3) is 17.4 Å². The summed E-state index contributed by atoms with van der Waals surface area (Å²) in [5.74, 6) is 0.873. The number of hydrogen-bond acceptors (Lipinski definition) is 4. The molecule has 0 saturated carbocycles. The molecule has 0 spiro atoms. The van der Waals surface area contributed by atoms with Crippen LogP contribution in [0.3, 0.4) is 0 Å². The number of benzene rings is 2. The number of furan rings is 1. The van der Waals surface area contributed by atoms with Crippen LogP contribution < -0.4 is 0 Å². The maximum atomic E-state index is 12.7. The lowest BCUT2D eigenvalue weighted by atomic mass is 10.1. The lowest BCUT2D eigenvalue weighted by molar-refractivity contribution is -0.123. The molecule has 0 unspecified atom stereocenters. The summed E-state index contributed by atoms with van der Waals surface area (Å²) in [5.41, 5.74) is 2.90. The number of carbonyl (C=O) groups is 2. The van der Waals surface area contributed by atoms with Crippen molar-refractivity contribution in [2.24, 2.45) is 0 Å². The molecule has 1 saturated heterocycles. The first kappa shape index (κ1) is 20.0. The van der Waals surface area contributed by atoms with E-state index < -0.39 is 0 Å². The molecular formula is C22H15BrClNO3S. The third kappa shape index (κ3) is 4.34. The molecule has 0 N–H and O–H groups in total. The van der Waals surface area contributed by atoms with Crippen LogP contribution >= 0.6 is 39.3 Å². The summed E-state index contributed by atoms with van der Waals surface area (Å²) >= 11 is 10.4. The Balaban J connectivity index is 1.54. The Morgan fingerprint density at radius 2 is 1.86 bits per heavy atom. The molecule has 1 aliphatic rings. The molecule has 4 rings (SSSR count). The number of thioether (sulfide) groups is 1. The molecule has 1 aliphatic heterocycles. The van der Waals surface area contributed by atoms with E-state index in [2.05, 4.69) is 15.9 Å².